The topological polar surface area (TPSA) is 135 Å². The molecule has 1 aromatic heterocycles. The van der Waals surface area contributed by atoms with E-state index in [0.717, 1.165) is 99.4 Å². The number of carbonyl (C=O) groups is 3. The van der Waals surface area contributed by atoms with Crippen molar-refractivity contribution in [3.63, 3.8) is 0 Å². The number of ether oxygens (including phenoxy) is 2. The third kappa shape index (κ3) is 27.4. The first-order valence-corrected chi connectivity index (χ1v) is 20.7. The van der Waals surface area contributed by atoms with Crippen molar-refractivity contribution in [2.75, 3.05) is 46.9 Å². The van der Waals surface area contributed by atoms with Gasteiger partial charge in [-0.3, -0.25) is 22.7 Å². The predicted octanol–water partition coefficient (Wildman–Crippen LogP) is 6.83. The van der Waals surface area contributed by atoms with E-state index in [1.165, 1.54) is 32.1 Å². The number of aromatic nitrogens is 2. The van der Waals surface area contributed by atoms with Gasteiger partial charge in [0.25, 0.3) is 0 Å². The molecule has 2 aromatic carbocycles. The monoisotopic (exact) mass is 899 g/mol. The molecular formula is C42H59B2Cl2F4N4O7. The number of halogens is 6. The molecule has 1 aliphatic carbocycles. The Morgan fingerprint density at radius 2 is 1.28 bits per heavy atom. The number of hydrogen-bond acceptors (Lipinski definition) is 8. The number of aromatic carboxylic acids is 1. The van der Waals surface area contributed by atoms with Crippen molar-refractivity contribution < 1.29 is 51.0 Å². The third-order valence-electron chi connectivity index (χ3n) is 8.42. The molecule has 3 aliphatic heterocycles. The Hall–Kier alpha value is -4.21. The minimum Gasteiger partial charge on any atom is -1.00 e. The summed E-state index contributed by atoms with van der Waals surface area (Å²) in [6.45, 7) is 1.97. The lowest BCUT2D eigenvalue weighted by molar-refractivity contribution is -0.132. The number of aliphatic imine (C=N–C) groups is 2. The molecule has 3 aromatic rings. The maximum absolute atomic E-state index is 11.4. The van der Waals surface area contributed by atoms with Crippen LogP contribution in [0.5, 0.6) is 0 Å². The Labute approximate surface area is 370 Å². The number of benzene rings is 2. The molecule has 0 amide bonds. The van der Waals surface area contributed by atoms with E-state index < -0.39 is 13.5 Å². The molecule has 7 rings (SSSR count). The minimum atomic E-state index is -3.67. The van der Waals surface area contributed by atoms with Crippen LogP contribution in [0.3, 0.4) is 0 Å². The number of nitrogens with zero attached hydrogens (tertiary/aromatic N) is 4. The molecule has 11 nitrogen and oxygen atoms in total. The van der Waals surface area contributed by atoms with Crippen LogP contribution in [0.1, 0.15) is 105 Å². The van der Waals surface area contributed by atoms with Crippen LogP contribution in [-0.2, 0) is 36.4 Å². The van der Waals surface area contributed by atoms with Crippen molar-refractivity contribution >= 4 is 68.7 Å². The van der Waals surface area contributed by atoms with E-state index in [1.54, 1.807) is 7.11 Å². The summed E-state index contributed by atoms with van der Waals surface area (Å²) < 4.78 is 43.6. The number of cyclic esters (lactones) is 1. The highest BCUT2D eigenvalue weighted by molar-refractivity contribution is 6.40. The standard InChI is InChI=1S/C15H16N2O2.C9H7NO2.C7H13NO.C7H12O.C3H9O.CH2Cl2.BF3.B.FH/c18-15(19)13-12-9-5-2-6-10-17(12)14(16-13)11-7-3-1-4-8-11;11-8-6-10-9(12-8)7-4-2-1-3-5-7;1-9-7-5-3-2-4-6-8-7;8-7-5-3-1-2-4-6-7;1-4(2)3;2-1-3;2-1(3)4;;/h1,3-4,7-8H,2,5-6,9-10H2,(H,18,19);1-5H,6H2;2-6H2,1H3;1-6H2;1-3H3;1H2;;;1H/q;;;;+1;;;;/p-1. The van der Waals surface area contributed by atoms with Gasteiger partial charge in [-0.15, -0.1) is 23.2 Å². The normalized spacial score (nSPS) is 15.0. The highest BCUT2D eigenvalue weighted by Crippen LogP contribution is 2.27. The van der Waals surface area contributed by atoms with Gasteiger partial charge in [-0.05, 0) is 57.1 Å². The number of fused-ring (bicyclic) bond motifs is 1. The van der Waals surface area contributed by atoms with Crippen molar-refractivity contribution in [1.29, 1.82) is 0 Å². The molecule has 0 unspecified atom stereocenters. The van der Waals surface area contributed by atoms with Crippen LogP contribution in [0.15, 0.2) is 70.6 Å². The van der Waals surface area contributed by atoms with Crippen LogP contribution in [0.4, 0.5) is 12.9 Å². The van der Waals surface area contributed by atoms with Gasteiger partial charge in [0.05, 0.1) is 18.1 Å². The summed E-state index contributed by atoms with van der Waals surface area (Å²) in [6.07, 6.45) is 15.4. The van der Waals surface area contributed by atoms with Crippen molar-refractivity contribution in [1.82, 2.24) is 9.55 Å². The highest BCUT2D eigenvalue weighted by atomic mass is 35.5. The van der Waals surface area contributed by atoms with Crippen molar-refractivity contribution in [3.05, 3.63) is 77.6 Å². The first-order valence-electron chi connectivity index (χ1n) is 19.6. The number of Topliss-reactive ketones (excluding diaryl/α,β-unsaturated/α-hetero) is 1. The van der Waals surface area contributed by atoms with E-state index in [0.29, 0.717) is 11.7 Å². The van der Waals surface area contributed by atoms with Gasteiger partial charge >= 0.3 is 19.5 Å². The number of carbonyl (C=O) groups excluding carboxylic acids is 2. The zero-order valence-corrected chi connectivity index (χ0v) is 37.1. The molecule has 0 bridgehead atoms. The number of hydrogen-bond donors (Lipinski definition) is 1. The molecule has 0 spiro atoms. The largest absolute Gasteiger partial charge is 1.00 e. The average Bonchev–Trinajstić information content (AvgIpc) is 3.44. The first-order chi connectivity index (χ1) is 28.3. The maximum atomic E-state index is 11.4. The van der Waals surface area contributed by atoms with Gasteiger partial charge < -0.3 is 28.2 Å². The molecule has 4 heterocycles. The third-order valence-corrected chi connectivity index (χ3v) is 8.42. The number of carboxylic acids is 1. The van der Waals surface area contributed by atoms with Crippen LogP contribution in [-0.4, -0.2) is 107 Å². The zero-order valence-electron chi connectivity index (χ0n) is 35.6. The molecule has 4 aliphatic rings. The fourth-order valence-electron chi connectivity index (χ4n) is 5.88. The SMILES string of the molecule is COC1=NCCCCC1.C[O+](C)C.ClCCl.FB(F)F.O=C(O)c1nc(-c2ccccc2)n2c1CCCCC2.O=C1CCCCCC1.O=C1CN=C(c2ccccc2)O1.[B].[F-]. The van der Waals surface area contributed by atoms with Crippen LogP contribution in [0.2, 0.25) is 0 Å². The Bertz CT molecular complexity index is 1670. The Morgan fingerprint density at radius 1 is 0.803 bits per heavy atom. The lowest BCUT2D eigenvalue weighted by atomic mass is 10.1. The van der Waals surface area contributed by atoms with Gasteiger partial charge in [-0.1, -0.05) is 74.2 Å². The van der Waals surface area contributed by atoms with Gasteiger partial charge in [0.2, 0.25) is 5.90 Å². The van der Waals surface area contributed by atoms with Crippen molar-refractivity contribution in [3.8, 4) is 11.4 Å². The molecule has 61 heavy (non-hydrogen) atoms. The molecule has 337 valence electrons. The molecule has 1 saturated carbocycles. The van der Waals surface area contributed by atoms with Gasteiger partial charge in [-0.2, -0.15) is 0 Å². The average molecular weight is 900 g/mol. The van der Waals surface area contributed by atoms with Crippen LogP contribution in [0.25, 0.3) is 11.4 Å². The number of alkyl halides is 2. The molecule has 19 heteroatoms. The molecular weight excluding hydrogens is 841 g/mol. The Kier molecular flexibility index (Phi) is 35.2. The number of rotatable bonds is 3. The number of ketones is 1. The predicted molar refractivity (Wildman–Crippen MR) is 237 cm³/mol. The van der Waals surface area contributed by atoms with Crippen molar-refractivity contribution in [2.45, 2.75) is 96.4 Å². The smallest absolute Gasteiger partial charge is 0.762 e. The quantitative estimate of drug-likeness (QED) is 0.0761. The van der Waals surface area contributed by atoms with Crippen molar-refractivity contribution in [2.24, 2.45) is 9.98 Å². The lowest BCUT2D eigenvalue weighted by Gasteiger charge is -2.08. The molecule has 3 radical (unpaired) electrons. The van der Waals surface area contributed by atoms with Gasteiger partial charge in [0.15, 0.2) is 11.6 Å². The number of methoxy groups -OCH3 is 1. The van der Waals surface area contributed by atoms with E-state index in [1.807, 2.05) is 82.0 Å². The second kappa shape index (κ2) is 36.4. The summed E-state index contributed by atoms with van der Waals surface area (Å²) in [7, 11) is 3.78. The molecule has 0 saturated heterocycles. The zero-order chi connectivity index (χ0) is 43.8. The molecule has 0 atom stereocenters. The van der Waals surface area contributed by atoms with E-state index >= 15 is 0 Å². The van der Waals surface area contributed by atoms with Crippen LogP contribution < -0.4 is 4.70 Å². The van der Waals surface area contributed by atoms with E-state index in [4.69, 9.17) is 32.7 Å². The number of carboxylic acid groups (broad SMARTS) is 1. The van der Waals surface area contributed by atoms with Crippen LogP contribution in [0, 0.1) is 0 Å². The number of esters is 1. The maximum Gasteiger partial charge on any atom is 0.762 e. The Balaban J connectivity index is 0. The van der Waals surface area contributed by atoms with Crippen LogP contribution >= 0.6 is 23.2 Å². The Morgan fingerprint density at radius 3 is 1.77 bits per heavy atom. The first kappa shape index (κ1) is 58.9. The van der Waals surface area contributed by atoms with Gasteiger partial charge in [0.1, 0.15) is 39.5 Å². The second-order valence-electron chi connectivity index (χ2n) is 13.6. The lowest BCUT2D eigenvalue weighted by Crippen LogP contribution is -3.00. The summed E-state index contributed by atoms with van der Waals surface area (Å²) in [6, 6.07) is 19.2. The minimum absolute atomic E-state index is 0. The fraction of sp³-hybridized carbons (Fsp3) is 0.524. The van der Waals surface area contributed by atoms with E-state index in [-0.39, 0.29) is 36.7 Å². The van der Waals surface area contributed by atoms with E-state index in [2.05, 4.69) is 23.9 Å². The molecule has 1 fully saturated rings. The summed E-state index contributed by atoms with van der Waals surface area (Å²) in [5, 5.41) is 9.51. The highest BCUT2D eigenvalue weighted by Gasteiger charge is 2.23. The van der Waals surface area contributed by atoms with Gasteiger partial charge in [-0.25, -0.2) is 19.6 Å². The number of imidazole rings is 1. The summed E-state index contributed by atoms with van der Waals surface area (Å²) >= 11 is 9.53. The van der Waals surface area contributed by atoms with E-state index in [9.17, 15) is 32.4 Å². The van der Waals surface area contributed by atoms with Gasteiger partial charge in [0, 0.05) is 51.9 Å². The summed E-state index contributed by atoms with van der Waals surface area (Å²) in [5.41, 5.74) is 2.94. The summed E-state index contributed by atoms with van der Waals surface area (Å²) in [5.74, 6) is 1.42. The molecule has 1 N–H and O–H groups in total. The summed E-state index contributed by atoms with van der Waals surface area (Å²) in [4.78, 5) is 45.3. The second-order valence-corrected chi connectivity index (χ2v) is 14.5. The fourth-order valence-corrected chi connectivity index (χ4v) is 5.88.